The summed E-state index contributed by atoms with van der Waals surface area (Å²) in [5, 5.41) is 0.0422. The molecule has 1 aromatic rings. The van der Waals surface area contributed by atoms with Gasteiger partial charge in [-0.3, -0.25) is 4.57 Å². The van der Waals surface area contributed by atoms with Gasteiger partial charge in [-0.1, -0.05) is 0 Å². The molecule has 0 saturated carbocycles. The average molecular weight is 199 g/mol. The standard InChI is InChI=1S/C7H9N3O2S/c8-5-1-3-10(7(11)9-5)6-2-4-12-13-6/h1,3,6H,2,4H2,(H2,8,9,11). The molecule has 2 heterocycles. The highest BCUT2D eigenvalue weighted by atomic mass is 32.2. The Labute approximate surface area is 79.1 Å². The average Bonchev–Trinajstić information content (AvgIpc) is 2.56. The third kappa shape index (κ3) is 1.68. The summed E-state index contributed by atoms with van der Waals surface area (Å²) in [6, 6.07) is 1.61. The molecule has 0 aromatic carbocycles. The minimum absolute atomic E-state index is 0.0422. The highest BCUT2D eigenvalue weighted by Crippen LogP contribution is 2.32. The van der Waals surface area contributed by atoms with Gasteiger partial charge in [-0.05, 0) is 6.07 Å². The minimum Gasteiger partial charge on any atom is -0.383 e. The first kappa shape index (κ1) is 8.58. The Kier molecular flexibility index (Phi) is 2.24. The summed E-state index contributed by atoms with van der Waals surface area (Å²) in [4.78, 5) is 15.0. The Morgan fingerprint density at radius 1 is 1.77 bits per heavy atom. The first-order valence-electron chi connectivity index (χ1n) is 3.90. The van der Waals surface area contributed by atoms with Crippen molar-refractivity contribution < 1.29 is 4.18 Å². The van der Waals surface area contributed by atoms with Crippen molar-refractivity contribution in [2.45, 2.75) is 11.8 Å². The zero-order valence-corrected chi connectivity index (χ0v) is 7.66. The third-order valence-corrected chi connectivity index (χ3v) is 2.78. The fraction of sp³-hybridized carbons (Fsp3) is 0.429. The molecule has 0 spiro atoms. The number of hydrogen-bond donors (Lipinski definition) is 1. The topological polar surface area (TPSA) is 70.1 Å². The molecule has 13 heavy (non-hydrogen) atoms. The summed E-state index contributed by atoms with van der Waals surface area (Å²) in [7, 11) is 0. The van der Waals surface area contributed by atoms with Gasteiger partial charge in [0.15, 0.2) is 0 Å². The molecular weight excluding hydrogens is 190 g/mol. The molecular formula is C7H9N3O2S. The highest BCUT2D eigenvalue weighted by Gasteiger charge is 2.19. The summed E-state index contributed by atoms with van der Waals surface area (Å²) in [5.74, 6) is 0.255. The second kappa shape index (κ2) is 3.39. The Morgan fingerprint density at radius 3 is 3.23 bits per heavy atom. The second-order valence-electron chi connectivity index (χ2n) is 2.70. The molecule has 5 nitrogen and oxygen atoms in total. The maximum absolute atomic E-state index is 11.3. The number of rotatable bonds is 1. The van der Waals surface area contributed by atoms with Gasteiger partial charge in [-0.15, -0.1) is 0 Å². The molecule has 0 amide bonds. The number of nitrogens with zero attached hydrogens (tertiary/aromatic N) is 2. The van der Waals surface area contributed by atoms with Crippen LogP contribution in [-0.2, 0) is 4.18 Å². The quantitative estimate of drug-likeness (QED) is 0.663. The van der Waals surface area contributed by atoms with Crippen LogP contribution in [0.1, 0.15) is 11.8 Å². The van der Waals surface area contributed by atoms with Crippen LogP contribution in [-0.4, -0.2) is 16.2 Å². The van der Waals surface area contributed by atoms with Crippen LogP contribution in [0.3, 0.4) is 0 Å². The largest absolute Gasteiger partial charge is 0.383 e. The molecule has 1 aliphatic heterocycles. The number of aromatic nitrogens is 2. The first-order valence-corrected chi connectivity index (χ1v) is 4.71. The summed E-state index contributed by atoms with van der Waals surface area (Å²) < 4.78 is 6.63. The molecule has 1 fully saturated rings. The zero-order valence-electron chi connectivity index (χ0n) is 6.84. The second-order valence-corrected chi connectivity index (χ2v) is 3.68. The first-order chi connectivity index (χ1) is 6.27. The summed E-state index contributed by atoms with van der Waals surface area (Å²) >= 11 is 1.30. The van der Waals surface area contributed by atoms with Crippen molar-refractivity contribution in [1.29, 1.82) is 0 Å². The van der Waals surface area contributed by atoms with Gasteiger partial charge in [0.1, 0.15) is 11.2 Å². The summed E-state index contributed by atoms with van der Waals surface area (Å²) in [6.07, 6.45) is 2.48. The van der Waals surface area contributed by atoms with Gasteiger partial charge in [-0.25, -0.2) is 4.79 Å². The summed E-state index contributed by atoms with van der Waals surface area (Å²) in [6.45, 7) is 0.673. The van der Waals surface area contributed by atoms with Crippen LogP contribution in [0.15, 0.2) is 17.1 Å². The van der Waals surface area contributed by atoms with Gasteiger partial charge in [0.25, 0.3) is 0 Å². The molecule has 1 atom stereocenters. The number of anilines is 1. The van der Waals surface area contributed by atoms with E-state index in [-0.39, 0.29) is 16.9 Å². The lowest BCUT2D eigenvalue weighted by Gasteiger charge is -2.08. The van der Waals surface area contributed by atoms with Crippen molar-refractivity contribution in [1.82, 2.24) is 9.55 Å². The maximum Gasteiger partial charge on any atom is 0.350 e. The van der Waals surface area contributed by atoms with Crippen LogP contribution < -0.4 is 11.4 Å². The van der Waals surface area contributed by atoms with E-state index in [0.29, 0.717) is 6.61 Å². The molecule has 6 heteroatoms. The van der Waals surface area contributed by atoms with Crippen LogP contribution in [0, 0.1) is 0 Å². The van der Waals surface area contributed by atoms with E-state index in [2.05, 4.69) is 4.98 Å². The van der Waals surface area contributed by atoms with Crippen molar-refractivity contribution >= 4 is 17.9 Å². The maximum atomic E-state index is 11.3. The smallest absolute Gasteiger partial charge is 0.350 e. The minimum atomic E-state index is -0.317. The van der Waals surface area contributed by atoms with Crippen LogP contribution in [0.25, 0.3) is 0 Å². The fourth-order valence-corrected chi connectivity index (χ4v) is 1.95. The molecule has 1 aliphatic rings. The Hall–Kier alpha value is -1.01. The summed E-state index contributed by atoms with van der Waals surface area (Å²) in [5.41, 5.74) is 5.05. The van der Waals surface area contributed by atoms with Gasteiger partial charge in [0, 0.05) is 24.7 Å². The van der Waals surface area contributed by atoms with E-state index in [1.54, 1.807) is 12.3 Å². The van der Waals surface area contributed by atoms with E-state index in [9.17, 15) is 4.79 Å². The van der Waals surface area contributed by atoms with E-state index < -0.39 is 0 Å². The van der Waals surface area contributed by atoms with E-state index in [1.165, 1.54) is 16.6 Å². The third-order valence-electron chi connectivity index (χ3n) is 1.79. The predicted octanol–water partition coefficient (Wildman–Crippen LogP) is 0.393. The fourth-order valence-electron chi connectivity index (χ4n) is 1.15. The van der Waals surface area contributed by atoms with Crippen LogP contribution in [0.2, 0.25) is 0 Å². The van der Waals surface area contributed by atoms with Crippen LogP contribution in [0.4, 0.5) is 5.82 Å². The van der Waals surface area contributed by atoms with E-state index in [1.807, 2.05) is 0 Å². The van der Waals surface area contributed by atoms with Crippen molar-refractivity contribution in [2.75, 3.05) is 12.3 Å². The Bertz CT molecular complexity index is 359. The lowest BCUT2D eigenvalue weighted by Crippen LogP contribution is -2.24. The van der Waals surface area contributed by atoms with Gasteiger partial charge in [-0.2, -0.15) is 4.98 Å². The molecule has 0 aliphatic carbocycles. The lowest BCUT2D eigenvalue weighted by molar-refractivity contribution is 0.396. The number of hydrogen-bond acceptors (Lipinski definition) is 5. The normalized spacial score (nSPS) is 22.0. The molecule has 1 saturated heterocycles. The molecule has 2 N–H and O–H groups in total. The van der Waals surface area contributed by atoms with Crippen LogP contribution in [0.5, 0.6) is 0 Å². The van der Waals surface area contributed by atoms with E-state index >= 15 is 0 Å². The van der Waals surface area contributed by atoms with Gasteiger partial charge >= 0.3 is 5.69 Å². The monoisotopic (exact) mass is 199 g/mol. The van der Waals surface area contributed by atoms with Crippen molar-refractivity contribution in [2.24, 2.45) is 0 Å². The Morgan fingerprint density at radius 2 is 2.62 bits per heavy atom. The molecule has 2 rings (SSSR count). The van der Waals surface area contributed by atoms with Crippen molar-refractivity contribution in [3.63, 3.8) is 0 Å². The van der Waals surface area contributed by atoms with Crippen LogP contribution >= 0.6 is 12.0 Å². The van der Waals surface area contributed by atoms with E-state index in [4.69, 9.17) is 9.92 Å². The lowest BCUT2D eigenvalue weighted by atomic mass is 10.4. The van der Waals surface area contributed by atoms with Gasteiger partial charge < -0.3 is 9.92 Å². The molecule has 1 unspecified atom stereocenters. The molecule has 1 aromatic heterocycles. The zero-order chi connectivity index (χ0) is 9.26. The number of nitrogen functional groups attached to an aromatic ring is 1. The SMILES string of the molecule is Nc1ccn(C2CCOS2)c(=O)n1. The van der Waals surface area contributed by atoms with E-state index in [0.717, 1.165) is 6.42 Å². The number of nitrogens with two attached hydrogens (primary N) is 1. The molecule has 70 valence electrons. The van der Waals surface area contributed by atoms with Crippen molar-refractivity contribution in [3.8, 4) is 0 Å². The van der Waals surface area contributed by atoms with Gasteiger partial charge in [0.05, 0.1) is 6.61 Å². The van der Waals surface area contributed by atoms with Gasteiger partial charge in [0.2, 0.25) is 0 Å². The highest BCUT2D eigenvalue weighted by molar-refractivity contribution is 7.94. The Balaban J connectivity index is 2.34. The predicted molar refractivity (Wildman–Crippen MR) is 50.1 cm³/mol. The molecule has 0 bridgehead atoms. The molecule has 0 radical (unpaired) electrons. The van der Waals surface area contributed by atoms with Crippen molar-refractivity contribution in [3.05, 3.63) is 22.7 Å².